The largest absolute Gasteiger partial charge is 0.343 e. The molecule has 2 N–H and O–H groups in total. The van der Waals surface area contributed by atoms with E-state index < -0.39 is 5.25 Å². The van der Waals surface area contributed by atoms with E-state index in [4.69, 9.17) is 0 Å². The number of anilines is 2. The Kier molecular flexibility index (Phi) is 4.93. The third kappa shape index (κ3) is 3.46. The lowest BCUT2D eigenvalue weighted by atomic mass is 10.2. The van der Waals surface area contributed by atoms with Crippen LogP contribution in [-0.4, -0.2) is 38.4 Å². The zero-order valence-electron chi connectivity index (χ0n) is 14.0. The summed E-state index contributed by atoms with van der Waals surface area (Å²) in [5.41, 5.74) is 1.01. The molecule has 1 atom stereocenters. The molecule has 9 heteroatoms. The molecule has 1 aromatic carbocycles. The number of nitrogens with one attached hydrogen (secondary N) is 2. The zero-order chi connectivity index (χ0) is 18.0. The van der Waals surface area contributed by atoms with Gasteiger partial charge in [0.2, 0.25) is 11.8 Å². The first kappa shape index (κ1) is 17.3. The summed E-state index contributed by atoms with van der Waals surface area (Å²) in [4.78, 5) is 38.0. The van der Waals surface area contributed by atoms with Crippen molar-refractivity contribution in [3.8, 4) is 0 Å². The van der Waals surface area contributed by atoms with Crippen LogP contribution >= 0.6 is 11.8 Å². The molecular formula is C16H19N5O3S. The molecule has 0 radical (unpaired) electrons. The molecule has 1 aliphatic rings. The predicted molar refractivity (Wildman–Crippen MR) is 95.9 cm³/mol. The summed E-state index contributed by atoms with van der Waals surface area (Å²) in [6, 6.07) is 7.18. The van der Waals surface area contributed by atoms with E-state index >= 15 is 0 Å². The van der Waals surface area contributed by atoms with Gasteiger partial charge in [-0.15, -0.1) is 5.10 Å². The highest BCUT2D eigenvalue weighted by atomic mass is 32.2. The van der Waals surface area contributed by atoms with Crippen LogP contribution in [0.2, 0.25) is 0 Å². The van der Waals surface area contributed by atoms with Crippen LogP contribution in [0.1, 0.15) is 20.3 Å². The Morgan fingerprint density at radius 1 is 1.36 bits per heavy atom. The fraction of sp³-hybridized carbons (Fsp3) is 0.375. The third-order valence-corrected chi connectivity index (χ3v) is 4.91. The molecule has 0 aliphatic carbocycles. The number of hydrogen-bond donors (Lipinski definition) is 2. The van der Waals surface area contributed by atoms with Crippen LogP contribution in [0, 0.1) is 0 Å². The highest BCUT2D eigenvalue weighted by Crippen LogP contribution is 2.31. The molecule has 0 fully saturated rings. The standard InChI is InChI=1S/C16H19N5O3S/c1-3-8-20-15(24)18-19-16(20)25-10(2)14(23)21-9-13(22)17-11-6-4-5-7-12(11)21/h4-7,10H,3,8-9H2,1-2H3,(H,17,22)(H,18,24)/t10-/m0/s1. The van der Waals surface area contributed by atoms with Crippen molar-refractivity contribution in [2.75, 3.05) is 16.8 Å². The highest BCUT2D eigenvalue weighted by molar-refractivity contribution is 8.00. The van der Waals surface area contributed by atoms with Gasteiger partial charge < -0.3 is 5.32 Å². The SMILES string of the molecule is CCCn1c(S[C@@H](C)C(=O)N2CC(=O)Nc3ccccc32)n[nH]c1=O. The van der Waals surface area contributed by atoms with Crippen LogP contribution in [0.5, 0.6) is 0 Å². The number of aromatic nitrogens is 3. The van der Waals surface area contributed by atoms with Gasteiger partial charge in [0.25, 0.3) is 0 Å². The predicted octanol–water partition coefficient (Wildman–Crippen LogP) is 1.45. The second-order valence-electron chi connectivity index (χ2n) is 5.71. The van der Waals surface area contributed by atoms with E-state index in [0.29, 0.717) is 23.1 Å². The number of para-hydroxylation sites is 2. The first-order valence-electron chi connectivity index (χ1n) is 8.03. The Morgan fingerprint density at radius 3 is 2.88 bits per heavy atom. The topological polar surface area (TPSA) is 100 Å². The van der Waals surface area contributed by atoms with Gasteiger partial charge in [0.15, 0.2) is 5.16 Å². The summed E-state index contributed by atoms with van der Waals surface area (Å²) in [6.45, 7) is 4.22. The van der Waals surface area contributed by atoms with Crippen LogP contribution in [0.15, 0.2) is 34.2 Å². The highest BCUT2D eigenvalue weighted by Gasteiger charge is 2.30. The van der Waals surface area contributed by atoms with Gasteiger partial charge in [-0.2, -0.15) is 0 Å². The average molecular weight is 361 g/mol. The summed E-state index contributed by atoms with van der Waals surface area (Å²) < 4.78 is 1.52. The molecule has 0 unspecified atom stereocenters. The molecule has 1 aliphatic heterocycles. The van der Waals surface area contributed by atoms with Gasteiger partial charge in [-0.3, -0.25) is 19.1 Å². The van der Waals surface area contributed by atoms with Gasteiger partial charge in [-0.1, -0.05) is 30.8 Å². The number of thioether (sulfide) groups is 1. The number of nitrogens with zero attached hydrogens (tertiary/aromatic N) is 3. The van der Waals surface area contributed by atoms with Crippen LogP contribution in [-0.2, 0) is 16.1 Å². The normalized spacial score (nSPS) is 14.8. The number of amides is 2. The molecule has 2 amide bonds. The van der Waals surface area contributed by atoms with E-state index in [1.165, 1.54) is 21.2 Å². The van der Waals surface area contributed by atoms with Gasteiger partial charge >= 0.3 is 5.69 Å². The van der Waals surface area contributed by atoms with Gasteiger partial charge in [0, 0.05) is 6.54 Å². The molecule has 25 heavy (non-hydrogen) atoms. The second-order valence-corrected chi connectivity index (χ2v) is 7.02. The van der Waals surface area contributed by atoms with Crippen LogP contribution in [0.25, 0.3) is 0 Å². The molecule has 2 aromatic rings. The molecule has 2 heterocycles. The van der Waals surface area contributed by atoms with E-state index in [2.05, 4.69) is 15.5 Å². The van der Waals surface area contributed by atoms with Crippen molar-refractivity contribution in [1.82, 2.24) is 14.8 Å². The van der Waals surface area contributed by atoms with Gasteiger partial charge in [0.1, 0.15) is 6.54 Å². The summed E-state index contributed by atoms with van der Waals surface area (Å²) in [6.07, 6.45) is 0.787. The van der Waals surface area contributed by atoms with Crippen LogP contribution in [0.3, 0.4) is 0 Å². The van der Waals surface area contributed by atoms with Crippen LogP contribution < -0.4 is 15.9 Å². The molecule has 0 spiro atoms. The number of carbonyl (C=O) groups excluding carboxylic acids is 2. The molecule has 132 valence electrons. The Balaban J connectivity index is 1.82. The van der Waals surface area contributed by atoms with E-state index in [1.54, 1.807) is 25.1 Å². The lowest BCUT2D eigenvalue weighted by Crippen LogP contribution is -2.45. The molecule has 8 nitrogen and oxygen atoms in total. The summed E-state index contributed by atoms with van der Waals surface area (Å²) in [7, 11) is 0. The Hall–Kier alpha value is -2.55. The maximum atomic E-state index is 12.9. The van der Waals surface area contributed by atoms with Gasteiger partial charge in [0.05, 0.1) is 16.6 Å². The quantitative estimate of drug-likeness (QED) is 0.785. The Bertz CT molecular complexity index is 859. The number of rotatable bonds is 5. The average Bonchev–Trinajstić information content (AvgIpc) is 2.94. The van der Waals surface area contributed by atoms with E-state index in [-0.39, 0.29) is 24.0 Å². The Morgan fingerprint density at radius 2 is 2.12 bits per heavy atom. The minimum atomic E-state index is -0.496. The summed E-state index contributed by atoms with van der Waals surface area (Å²) >= 11 is 1.21. The van der Waals surface area contributed by atoms with Crippen molar-refractivity contribution >= 4 is 35.0 Å². The summed E-state index contributed by atoms with van der Waals surface area (Å²) in [5, 5.41) is 9.15. The monoisotopic (exact) mass is 361 g/mol. The lowest BCUT2D eigenvalue weighted by Gasteiger charge is -2.30. The molecule has 3 rings (SSSR count). The summed E-state index contributed by atoms with van der Waals surface area (Å²) in [5.74, 6) is -0.433. The van der Waals surface area contributed by atoms with Crippen molar-refractivity contribution in [3.05, 3.63) is 34.7 Å². The molecule has 0 bridgehead atoms. The fourth-order valence-electron chi connectivity index (χ4n) is 2.67. The van der Waals surface area contributed by atoms with Crippen LogP contribution in [0.4, 0.5) is 11.4 Å². The third-order valence-electron chi connectivity index (χ3n) is 3.84. The van der Waals surface area contributed by atoms with Crippen molar-refractivity contribution in [2.24, 2.45) is 0 Å². The molecular weight excluding hydrogens is 342 g/mol. The number of aromatic amines is 1. The fourth-order valence-corrected chi connectivity index (χ4v) is 3.62. The second kappa shape index (κ2) is 7.14. The minimum absolute atomic E-state index is 0.0247. The Labute approximate surface area is 148 Å². The van der Waals surface area contributed by atoms with E-state index in [1.807, 2.05) is 13.0 Å². The van der Waals surface area contributed by atoms with Crippen molar-refractivity contribution in [3.63, 3.8) is 0 Å². The number of hydrogen-bond acceptors (Lipinski definition) is 5. The maximum Gasteiger partial charge on any atom is 0.343 e. The lowest BCUT2D eigenvalue weighted by molar-refractivity contribution is -0.121. The smallest absolute Gasteiger partial charge is 0.323 e. The number of benzene rings is 1. The van der Waals surface area contributed by atoms with E-state index in [9.17, 15) is 14.4 Å². The number of H-pyrrole nitrogens is 1. The van der Waals surface area contributed by atoms with Crippen molar-refractivity contribution in [1.29, 1.82) is 0 Å². The van der Waals surface area contributed by atoms with Crippen molar-refractivity contribution in [2.45, 2.75) is 37.2 Å². The molecule has 0 saturated heterocycles. The first-order valence-corrected chi connectivity index (χ1v) is 8.91. The number of carbonyl (C=O) groups is 2. The number of fused-ring (bicyclic) bond motifs is 1. The minimum Gasteiger partial charge on any atom is -0.323 e. The maximum absolute atomic E-state index is 12.9. The molecule has 1 aromatic heterocycles. The molecule has 0 saturated carbocycles. The van der Waals surface area contributed by atoms with Gasteiger partial charge in [-0.25, -0.2) is 9.89 Å². The first-order chi connectivity index (χ1) is 12.0. The zero-order valence-corrected chi connectivity index (χ0v) is 14.8. The van der Waals surface area contributed by atoms with Crippen molar-refractivity contribution < 1.29 is 9.59 Å². The van der Waals surface area contributed by atoms with Gasteiger partial charge in [-0.05, 0) is 25.5 Å². The van der Waals surface area contributed by atoms with E-state index in [0.717, 1.165) is 6.42 Å².